The van der Waals surface area contributed by atoms with Crippen LogP contribution in [0.15, 0.2) is 48.7 Å². The number of hydrogen-bond donors (Lipinski definition) is 1. The van der Waals surface area contributed by atoms with E-state index in [1.807, 2.05) is 55.6 Å². The van der Waals surface area contributed by atoms with Gasteiger partial charge in [-0.25, -0.2) is 4.98 Å². The summed E-state index contributed by atoms with van der Waals surface area (Å²) in [6, 6.07) is 13.5. The number of amides is 1. The summed E-state index contributed by atoms with van der Waals surface area (Å²) < 4.78 is 7.05. The van der Waals surface area contributed by atoms with Crippen molar-refractivity contribution in [3.05, 3.63) is 65.6 Å². The first kappa shape index (κ1) is 14.1. The van der Waals surface area contributed by atoms with Gasteiger partial charge < -0.3 is 10.1 Å². The van der Waals surface area contributed by atoms with Gasteiger partial charge >= 0.3 is 0 Å². The molecule has 0 bridgehead atoms. The van der Waals surface area contributed by atoms with Crippen molar-refractivity contribution in [3.8, 4) is 5.75 Å². The number of benzene rings is 1. The summed E-state index contributed by atoms with van der Waals surface area (Å²) in [7, 11) is 1.59. The minimum absolute atomic E-state index is 0.151. The fourth-order valence-electron chi connectivity index (χ4n) is 2.45. The molecule has 0 radical (unpaired) electrons. The van der Waals surface area contributed by atoms with Gasteiger partial charge in [0.05, 0.1) is 12.8 Å². The number of rotatable bonds is 4. The molecule has 0 saturated carbocycles. The minimum atomic E-state index is -0.151. The summed E-state index contributed by atoms with van der Waals surface area (Å²) in [5.74, 6) is 0.495. The number of pyridine rings is 1. The van der Waals surface area contributed by atoms with Crippen LogP contribution in [0.2, 0.25) is 0 Å². The van der Waals surface area contributed by atoms with Gasteiger partial charge in [-0.15, -0.1) is 0 Å². The zero-order valence-corrected chi connectivity index (χ0v) is 12.5. The van der Waals surface area contributed by atoms with Gasteiger partial charge in [-0.05, 0) is 24.6 Å². The van der Waals surface area contributed by atoms with Crippen LogP contribution in [-0.2, 0) is 6.54 Å². The number of nitrogens with zero attached hydrogens (tertiary/aromatic N) is 2. The van der Waals surface area contributed by atoms with Crippen molar-refractivity contribution in [1.82, 2.24) is 14.7 Å². The molecule has 5 heteroatoms. The molecular weight excluding hydrogens is 278 g/mol. The Morgan fingerprint density at radius 3 is 2.73 bits per heavy atom. The molecule has 3 rings (SSSR count). The molecule has 5 nitrogen and oxygen atoms in total. The number of fused-ring (bicyclic) bond motifs is 1. The summed E-state index contributed by atoms with van der Waals surface area (Å²) >= 11 is 0. The lowest BCUT2D eigenvalue weighted by Gasteiger charge is -2.07. The lowest BCUT2D eigenvalue weighted by Crippen LogP contribution is -2.24. The van der Waals surface area contributed by atoms with Gasteiger partial charge in [0.1, 0.15) is 5.69 Å². The monoisotopic (exact) mass is 295 g/mol. The Balaban J connectivity index is 1.89. The predicted octanol–water partition coefficient (Wildman–Crippen LogP) is 2.58. The number of carbonyl (C=O) groups excluding carboxylic acids is 1. The first-order valence-corrected chi connectivity index (χ1v) is 7.04. The maximum Gasteiger partial charge on any atom is 0.270 e. The van der Waals surface area contributed by atoms with Crippen molar-refractivity contribution < 1.29 is 9.53 Å². The van der Waals surface area contributed by atoms with Crippen molar-refractivity contribution in [2.75, 3.05) is 7.11 Å². The minimum Gasteiger partial charge on any atom is -0.493 e. The number of ether oxygens (including phenoxy) is 1. The standard InChI is InChI=1S/C17H17N3O2/c1-12-15(17(21)18-11-13-7-4-3-5-8-13)20-10-6-9-14(22-2)16(20)19-12/h3-10H,11H2,1-2H3,(H,18,21). The lowest BCUT2D eigenvalue weighted by atomic mass is 10.2. The maximum absolute atomic E-state index is 12.5. The molecule has 2 aromatic heterocycles. The summed E-state index contributed by atoms with van der Waals surface area (Å²) in [5.41, 5.74) is 2.91. The number of hydrogen-bond acceptors (Lipinski definition) is 3. The molecular formula is C17H17N3O2. The van der Waals surface area contributed by atoms with Crippen LogP contribution in [0, 0.1) is 6.92 Å². The highest BCUT2D eigenvalue weighted by Crippen LogP contribution is 2.21. The second kappa shape index (κ2) is 5.89. The predicted molar refractivity (Wildman–Crippen MR) is 84.1 cm³/mol. The van der Waals surface area contributed by atoms with Gasteiger partial charge in [0, 0.05) is 12.7 Å². The molecule has 112 valence electrons. The van der Waals surface area contributed by atoms with Crippen LogP contribution in [0.3, 0.4) is 0 Å². The molecule has 0 spiro atoms. The molecule has 0 aliphatic carbocycles. The van der Waals surface area contributed by atoms with E-state index in [1.54, 1.807) is 11.5 Å². The Morgan fingerprint density at radius 2 is 2.00 bits per heavy atom. The third-order valence-corrected chi connectivity index (χ3v) is 3.52. The fourth-order valence-corrected chi connectivity index (χ4v) is 2.45. The largest absolute Gasteiger partial charge is 0.493 e. The zero-order chi connectivity index (χ0) is 15.5. The van der Waals surface area contributed by atoms with Crippen molar-refractivity contribution in [1.29, 1.82) is 0 Å². The lowest BCUT2D eigenvalue weighted by molar-refractivity contribution is 0.0944. The van der Waals surface area contributed by atoms with E-state index in [2.05, 4.69) is 10.3 Å². The van der Waals surface area contributed by atoms with Crippen molar-refractivity contribution in [3.63, 3.8) is 0 Å². The summed E-state index contributed by atoms with van der Waals surface area (Å²) in [6.45, 7) is 2.31. The second-order valence-electron chi connectivity index (χ2n) is 4.98. The van der Waals surface area contributed by atoms with E-state index in [0.29, 0.717) is 29.3 Å². The molecule has 0 aliphatic heterocycles. The Labute approximate surface area is 128 Å². The highest BCUT2D eigenvalue weighted by atomic mass is 16.5. The number of aryl methyl sites for hydroxylation is 1. The van der Waals surface area contributed by atoms with E-state index in [0.717, 1.165) is 5.56 Å². The molecule has 2 heterocycles. The van der Waals surface area contributed by atoms with Crippen LogP contribution in [0.5, 0.6) is 5.75 Å². The molecule has 0 aliphatic rings. The Hall–Kier alpha value is -2.82. The number of carbonyl (C=O) groups is 1. The second-order valence-corrected chi connectivity index (χ2v) is 4.98. The first-order chi connectivity index (χ1) is 10.7. The van der Waals surface area contributed by atoms with E-state index < -0.39 is 0 Å². The summed E-state index contributed by atoms with van der Waals surface area (Å²) in [6.07, 6.45) is 1.81. The van der Waals surface area contributed by atoms with Crippen LogP contribution in [0.25, 0.3) is 5.65 Å². The molecule has 0 fully saturated rings. The molecule has 22 heavy (non-hydrogen) atoms. The smallest absolute Gasteiger partial charge is 0.270 e. The number of aromatic nitrogens is 2. The molecule has 1 amide bonds. The van der Waals surface area contributed by atoms with Crippen molar-refractivity contribution in [2.45, 2.75) is 13.5 Å². The van der Waals surface area contributed by atoms with E-state index >= 15 is 0 Å². The van der Waals surface area contributed by atoms with E-state index in [9.17, 15) is 4.79 Å². The first-order valence-electron chi connectivity index (χ1n) is 7.04. The Kier molecular flexibility index (Phi) is 3.78. The fraction of sp³-hybridized carbons (Fsp3) is 0.176. The van der Waals surface area contributed by atoms with Gasteiger partial charge in [0.2, 0.25) is 0 Å². The average molecular weight is 295 g/mol. The summed E-state index contributed by atoms with van der Waals surface area (Å²) in [4.78, 5) is 16.9. The molecule has 0 unspecified atom stereocenters. The topological polar surface area (TPSA) is 55.6 Å². The van der Waals surface area contributed by atoms with Crippen LogP contribution < -0.4 is 10.1 Å². The SMILES string of the molecule is COc1cccn2c(C(=O)NCc3ccccc3)c(C)nc12. The van der Waals surface area contributed by atoms with Crippen LogP contribution in [0.4, 0.5) is 0 Å². The average Bonchev–Trinajstić information content (AvgIpc) is 2.89. The third kappa shape index (κ3) is 2.53. The van der Waals surface area contributed by atoms with E-state index in [-0.39, 0.29) is 5.91 Å². The number of imidazole rings is 1. The van der Waals surface area contributed by atoms with Crippen LogP contribution >= 0.6 is 0 Å². The van der Waals surface area contributed by atoms with Gasteiger partial charge in [-0.3, -0.25) is 9.20 Å². The Morgan fingerprint density at radius 1 is 1.23 bits per heavy atom. The third-order valence-electron chi connectivity index (χ3n) is 3.52. The molecule has 0 saturated heterocycles. The van der Waals surface area contributed by atoms with E-state index in [1.165, 1.54) is 0 Å². The van der Waals surface area contributed by atoms with Crippen molar-refractivity contribution >= 4 is 11.6 Å². The highest BCUT2D eigenvalue weighted by molar-refractivity contribution is 5.94. The normalized spacial score (nSPS) is 10.6. The highest BCUT2D eigenvalue weighted by Gasteiger charge is 2.18. The number of nitrogens with one attached hydrogen (secondary N) is 1. The molecule has 0 atom stereocenters. The quantitative estimate of drug-likeness (QED) is 0.805. The van der Waals surface area contributed by atoms with Gasteiger partial charge in [0.15, 0.2) is 11.4 Å². The Bertz CT molecular complexity index is 809. The zero-order valence-electron chi connectivity index (χ0n) is 12.5. The van der Waals surface area contributed by atoms with Gasteiger partial charge in [-0.1, -0.05) is 30.3 Å². The molecule has 3 aromatic rings. The summed E-state index contributed by atoms with van der Waals surface area (Å²) in [5, 5.41) is 2.93. The molecule has 1 aromatic carbocycles. The van der Waals surface area contributed by atoms with Crippen molar-refractivity contribution in [2.24, 2.45) is 0 Å². The number of methoxy groups -OCH3 is 1. The van der Waals surface area contributed by atoms with Crippen LogP contribution in [-0.4, -0.2) is 22.4 Å². The van der Waals surface area contributed by atoms with Gasteiger partial charge in [-0.2, -0.15) is 0 Å². The van der Waals surface area contributed by atoms with Gasteiger partial charge in [0.25, 0.3) is 5.91 Å². The van der Waals surface area contributed by atoms with Crippen LogP contribution in [0.1, 0.15) is 21.7 Å². The maximum atomic E-state index is 12.5. The molecule has 1 N–H and O–H groups in total. The van der Waals surface area contributed by atoms with E-state index in [4.69, 9.17) is 4.74 Å².